The molecule has 0 saturated carbocycles. The maximum absolute atomic E-state index is 12.5. The first-order valence-electron chi connectivity index (χ1n) is 9.71. The summed E-state index contributed by atoms with van der Waals surface area (Å²) in [5, 5.41) is 11.8. The van der Waals surface area contributed by atoms with Gasteiger partial charge in [-0.05, 0) is 31.2 Å². The van der Waals surface area contributed by atoms with Gasteiger partial charge in [0.05, 0.1) is 46.7 Å². The Labute approximate surface area is 204 Å². The van der Waals surface area contributed by atoms with Crippen molar-refractivity contribution in [3.05, 3.63) is 73.9 Å². The van der Waals surface area contributed by atoms with Gasteiger partial charge in [-0.1, -0.05) is 35.3 Å². The molecule has 1 heterocycles. The first kappa shape index (κ1) is 24.9. The smallest absolute Gasteiger partial charge is 0.343 e. The Morgan fingerprint density at radius 1 is 1.00 bits per heavy atom. The predicted molar refractivity (Wildman–Crippen MR) is 125 cm³/mol. The van der Waals surface area contributed by atoms with Crippen LogP contribution in [0.3, 0.4) is 0 Å². The number of halogens is 2. The number of ether oxygens (including phenoxy) is 3. The largest absolute Gasteiger partial charge is 0.480 e. The van der Waals surface area contributed by atoms with Crippen LogP contribution < -0.4 is 4.74 Å². The Bertz CT molecular complexity index is 1290. The highest BCUT2D eigenvalue weighted by Gasteiger charge is 2.25. The first-order valence-corrected chi connectivity index (χ1v) is 10.5. The lowest BCUT2D eigenvalue weighted by molar-refractivity contribution is -0.384. The minimum Gasteiger partial charge on any atom is -0.480 e. The summed E-state index contributed by atoms with van der Waals surface area (Å²) in [5.74, 6) is -1.14. The minimum absolute atomic E-state index is 0.0341. The normalized spacial score (nSPS) is 10.5. The molecule has 11 heteroatoms. The van der Waals surface area contributed by atoms with E-state index in [1.54, 1.807) is 19.1 Å². The summed E-state index contributed by atoms with van der Waals surface area (Å²) in [6.07, 6.45) is 0. The van der Waals surface area contributed by atoms with Gasteiger partial charge in [0.1, 0.15) is 10.8 Å². The first-order chi connectivity index (χ1) is 16.2. The van der Waals surface area contributed by atoms with E-state index >= 15 is 0 Å². The number of esters is 2. The third kappa shape index (κ3) is 4.95. The van der Waals surface area contributed by atoms with Crippen LogP contribution >= 0.6 is 23.2 Å². The van der Waals surface area contributed by atoms with Crippen LogP contribution in [0.2, 0.25) is 10.0 Å². The molecule has 0 spiro atoms. The number of carbonyl (C=O) groups excluding carboxylic acids is 2. The molecule has 0 radical (unpaired) electrons. The lowest BCUT2D eigenvalue weighted by Gasteiger charge is -2.15. The molecular weight excluding hydrogens is 487 g/mol. The molecule has 9 nitrogen and oxygen atoms in total. The van der Waals surface area contributed by atoms with Gasteiger partial charge < -0.3 is 14.2 Å². The molecule has 0 unspecified atom stereocenters. The number of nitro benzene ring substituents is 1. The third-order valence-corrected chi connectivity index (χ3v) is 5.74. The van der Waals surface area contributed by atoms with Crippen molar-refractivity contribution in [2.24, 2.45) is 0 Å². The zero-order valence-electron chi connectivity index (χ0n) is 18.3. The van der Waals surface area contributed by atoms with Gasteiger partial charge in [0.25, 0.3) is 5.69 Å². The Hall–Kier alpha value is -3.69. The summed E-state index contributed by atoms with van der Waals surface area (Å²) in [5.41, 5.74) is 1.32. The van der Waals surface area contributed by atoms with E-state index in [1.807, 2.05) is 0 Å². The van der Waals surface area contributed by atoms with Crippen molar-refractivity contribution >= 4 is 40.8 Å². The van der Waals surface area contributed by atoms with Gasteiger partial charge >= 0.3 is 11.9 Å². The molecule has 0 aliphatic rings. The molecule has 176 valence electrons. The Morgan fingerprint density at radius 2 is 1.71 bits per heavy atom. The van der Waals surface area contributed by atoms with Crippen molar-refractivity contribution in [3.63, 3.8) is 0 Å². The Balaban J connectivity index is 2.20. The molecule has 0 amide bonds. The topological polar surface area (TPSA) is 118 Å². The van der Waals surface area contributed by atoms with E-state index in [0.29, 0.717) is 11.3 Å². The van der Waals surface area contributed by atoms with E-state index in [0.717, 1.165) is 0 Å². The van der Waals surface area contributed by atoms with Gasteiger partial charge in [0.2, 0.25) is 0 Å². The van der Waals surface area contributed by atoms with E-state index in [9.17, 15) is 19.7 Å². The number of nitro groups is 1. The fourth-order valence-electron chi connectivity index (χ4n) is 3.28. The van der Waals surface area contributed by atoms with Crippen molar-refractivity contribution in [1.82, 2.24) is 4.98 Å². The second-order valence-electron chi connectivity index (χ2n) is 6.89. The lowest BCUT2D eigenvalue weighted by atomic mass is 9.95. The molecule has 0 saturated heterocycles. The summed E-state index contributed by atoms with van der Waals surface area (Å²) in [6.45, 7) is 1.22. The lowest BCUT2D eigenvalue weighted by Crippen LogP contribution is -2.12. The second-order valence-corrected chi connectivity index (χ2v) is 7.64. The Morgan fingerprint density at radius 3 is 2.35 bits per heavy atom. The van der Waals surface area contributed by atoms with Gasteiger partial charge in [-0.15, -0.1) is 0 Å². The van der Waals surface area contributed by atoms with Gasteiger partial charge in [0.15, 0.2) is 6.61 Å². The molecule has 0 aliphatic heterocycles. The Kier molecular flexibility index (Phi) is 7.70. The predicted octanol–water partition coefficient (Wildman–Crippen LogP) is 5.28. The standard InChI is InChI=1S/C23H18Cl2N2O7/c1-12-20(23(29)33-3)15(13-6-4-5-7-17(13)27(30)31)10-16(26-12)14-8-9-18(22(25)21(14)24)34-11-19(28)32-2/h4-10H,11H2,1-3H3. The molecule has 3 rings (SSSR count). The van der Waals surface area contributed by atoms with Crippen LogP contribution in [0.15, 0.2) is 42.5 Å². The molecule has 0 N–H and O–H groups in total. The van der Waals surface area contributed by atoms with E-state index in [-0.39, 0.29) is 50.5 Å². The van der Waals surface area contributed by atoms with Gasteiger partial charge in [-0.3, -0.25) is 15.1 Å². The fraction of sp³-hybridized carbons (Fsp3) is 0.174. The van der Waals surface area contributed by atoms with E-state index < -0.39 is 16.9 Å². The summed E-state index contributed by atoms with van der Waals surface area (Å²) in [7, 11) is 2.44. The van der Waals surface area contributed by atoms with Crippen LogP contribution in [0.5, 0.6) is 5.75 Å². The van der Waals surface area contributed by atoms with Crippen LogP contribution in [0, 0.1) is 17.0 Å². The molecular formula is C23H18Cl2N2O7. The van der Waals surface area contributed by atoms with Crippen molar-refractivity contribution in [2.75, 3.05) is 20.8 Å². The van der Waals surface area contributed by atoms with E-state index in [2.05, 4.69) is 9.72 Å². The number of para-hydroxylation sites is 1. The van der Waals surface area contributed by atoms with Crippen molar-refractivity contribution < 1.29 is 28.7 Å². The summed E-state index contributed by atoms with van der Waals surface area (Å²) < 4.78 is 14.8. The third-order valence-electron chi connectivity index (χ3n) is 4.88. The second kappa shape index (κ2) is 10.5. The molecule has 0 fully saturated rings. The van der Waals surface area contributed by atoms with Crippen LogP contribution in [0.25, 0.3) is 22.4 Å². The highest BCUT2D eigenvalue weighted by Crippen LogP contribution is 2.41. The summed E-state index contributed by atoms with van der Waals surface area (Å²) in [4.78, 5) is 39.5. The molecule has 0 aliphatic carbocycles. The number of aryl methyl sites for hydroxylation is 1. The summed E-state index contributed by atoms with van der Waals surface area (Å²) >= 11 is 12.8. The van der Waals surface area contributed by atoms with Crippen LogP contribution in [-0.4, -0.2) is 42.7 Å². The molecule has 1 aromatic heterocycles. The maximum atomic E-state index is 12.5. The maximum Gasteiger partial charge on any atom is 0.343 e. The molecule has 34 heavy (non-hydrogen) atoms. The number of pyridine rings is 1. The SMILES string of the molecule is COC(=O)COc1ccc(-c2cc(-c3ccccc3[N+](=O)[O-])c(C(=O)OC)c(C)n2)c(Cl)c1Cl. The number of carbonyl (C=O) groups is 2. The monoisotopic (exact) mass is 504 g/mol. The quantitative estimate of drug-likeness (QED) is 0.242. The van der Waals surface area contributed by atoms with Crippen molar-refractivity contribution in [3.8, 4) is 28.1 Å². The fourth-order valence-corrected chi connectivity index (χ4v) is 3.75. The number of methoxy groups -OCH3 is 2. The molecule has 0 bridgehead atoms. The van der Waals surface area contributed by atoms with Gasteiger partial charge in [-0.25, -0.2) is 9.59 Å². The average Bonchev–Trinajstić information content (AvgIpc) is 2.83. The van der Waals surface area contributed by atoms with Gasteiger partial charge in [-0.2, -0.15) is 0 Å². The van der Waals surface area contributed by atoms with Crippen LogP contribution in [0.4, 0.5) is 5.69 Å². The minimum atomic E-state index is -0.694. The molecule has 0 atom stereocenters. The summed E-state index contributed by atoms with van der Waals surface area (Å²) in [6, 6.07) is 10.6. The zero-order chi connectivity index (χ0) is 25.0. The van der Waals surface area contributed by atoms with Crippen LogP contribution in [-0.2, 0) is 14.3 Å². The van der Waals surface area contributed by atoms with Crippen molar-refractivity contribution in [1.29, 1.82) is 0 Å². The highest BCUT2D eigenvalue weighted by atomic mass is 35.5. The number of rotatable bonds is 7. The number of hydrogen-bond acceptors (Lipinski definition) is 8. The average molecular weight is 505 g/mol. The van der Waals surface area contributed by atoms with Crippen LogP contribution in [0.1, 0.15) is 16.1 Å². The highest BCUT2D eigenvalue weighted by molar-refractivity contribution is 6.44. The van der Waals surface area contributed by atoms with E-state index in [4.69, 9.17) is 32.7 Å². The number of benzene rings is 2. The number of nitrogens with zero attached hydrogens (tertiary/aromatic N) is 2. The zero-order valence-corrected chi connectivity index (χ0v) is 19.8. The molecule has 3 aromatic rings. The molecule has 2 aromatic carbocycles. The number of aromatic nitrogens is 1. The van der Waals surface area contributed by atoms with Gasteiger partial charge in [0, 0.05) is 17.2 Å². The van der Waals surface area contributed by atoms with E-state index in [1.165, 1.54) is 44.6 Å². The number of hydrogen-bond donors (Lipinski definition) is 0. The van der Waals surface area contributed by atoms with Crippen molar-refractivity contribution in [2.45, 2.75) is 6.92 Å².